The number of para-hydroxylation sites is 1. The van der Waals surface area contributed by atoms with E-state index in [2.05, 4.69) is 23.2 Å². The number of anilines is 1. The Morgan fingerprint density at radius 1 is 1.20 bits per heavy atom. The highest BCUT2D eigenvalue weighted by molar-refractivity contribution is 5.95. The number of aryl methyl sites for hydroxylation is 1. The van der Waals surface area contributed by atoms with Gasteiger partial charge in [0.25, 0.3) is 0 Å². The normalized spacial score (nSPS) is 18.3. The summed E-state index contributed by atoms with van der Waals surface area (Å²) in [6, 6.07) is 8.02. The van der Waals surface area contributed by atoms with E-state index in [4.69, 9.17) is 0 Å². The molecule has 0 saturated carbocycles. The molecule has 1 N–H and O–H groups in total. The van der Waals surface area contributed by atoms with Crippen LogP contribution in [-0.2, 0) is 11.2 Å². The highest BCUT2D eigenvalue weighted by Gasteiger charge is 2.22. The van der Waals surface area contributed by atoms with E-state index in [1.165, 1.54) is 31.2 Å². The van der Waals surface area contributed by atoms with Gasteiger partial charge in [-0.05, 0) is 50.9 Å². The Morgan fingerprint density at radius 2 is 1.85 bits per heavy atom. The third-order valence-corrected chi connectivity index (χ3v) is 4.22. The molecule has 0 aromatic heterocycles. The van der Waals surface area contributed by atoms with E-state index in [1.54, 1.807) is 0 Å². The summed E-state index contributed by atoms with van der Waals surface area (Å²) in [6.07, 6.45) is 5.95. The number of hydrogen-bond donors (Lipinski definition) is 1. The molecule has 110 valence electrons. The smallest absolute Gasteiger partial charge is 0.241 e. The predicted octanol–water partition coefficient (Wildman–Crippen LogP) is 3.45. The molecule has 1 heterocycles. The molecule has 0 aliphatic carbocycles. The average molecular weight is 274 g/mol. The Kier molecular flexibility index (Phi) is 5.60. The molecule has 0 bridgehead atoms. The number of hydrogen-bond acceptors (Lipinski definition) is 2. The highest BCUT2D eigenvalue weighted by atomic mass is 16.2. The summed E-state index contributed by atoms with van der Waals surface area (Å²) in [5, 5.41) is 3.10. The van der Waals surface area contributed by atoms with Gasteiger partial charge in [0.05, 0.1) is 6.04 Å². The van der Waals surface area contributed by atoms with Gasteiger partial charge < -0.3 is 5.32 Å². The minimum atomic E-state index is -0.0435. The second-order valence-corrected chi connectivity index (χ2v) is 5.63. The number of carbonyl (C=O) groups excluding carboxylic acids is 1. The van der Waals surface area contributed by atoms with Crippen LogP contribution in [0.2, 0.25) is 0 Å². The summed E-state index contributed by atoms with van der Waals surface area (Å²) >= 11 is 0. The Hall–Kier alpha value is -1.35. The first-order valence-corrected chi connectivity index (χ1v) is 7.85. The minimum absolute atomic E-state index is 0.0435. The molecule has 0 radical (unpaired) electrons. The van der Waals surface area contributed by atoms with Crippen molar-refractivity contribution in [3.8, 4) is 0 Å². The fourth-order valence-electron chi connectivity index (χ4n) is 2.84. The van der Waals surface area contributed by atoms with Crippen LogP contribution in [0.1, 0.15) is 45.1 Å². The fraction of sp³-hybridized carbons (Fsp3) is 0.588. The summed E-state index contributed by atoms with van der Waals surface area (Å²) in [6.45, 7) is 6.23. The molecule has 1 saturated heterocycles. The van der Waals surface area contributed by atoms with Crippen molar-refractivity contribution >= 4 is 11.6 Å². The van der Waals surface area contributed by atoms with Crippen LogP contribution < -0.4 is 5.32 Å². The number of nitrogens with one attached hydrogen (secondary N) is 1. The van der Waals surface area contributed by atoms with Gasteiger partial charge in [0.15, 0.2) is 0 Å². The van der Waals surface area contributed by atoms with E-state index in [1.807, 2.05) is 25.1 Å². The van der Waals surface area contributed by atoms with Gasteiger partial charge in [-0.1, -0.05) is 38.0 Å². The van der Waals surface area contributed by atoms with Crippen molar-refractivity contribution in [2.24, 2.45) is 0 Å². The van der Waals surface area contributed by atoms with Gasteiger partial charge in [-0.2, -0.15) is 0 Å². The van der Waals surface area contributed by atoms with Gasteiger partial charge >= 0.3 is 0 Å². The molecule has 20 heavy (non-hydrogen) atoms. The second kappa shape index (κ2) is 7.44. The van der Waals surface area contributed by atoms with Crippen LogP contribution in [0.25, 0.3) is 0 Å². The molecule has 1 aliphatic rings. The number of nitrogens with zero attached hydrogens (tertiary/aromatic N) is 1. The number of rotatable bonds is 4. The molecule has 1 fully saturated rings. The Labute approximate surface area is 122 Å². The summed E-state index contributed by atoms with van der Waals surface area (Å²) in [5.41, 5.74) is 2.16. The Morgan fingerprint density at radius 3 is 2.50 bits per heavy atom. The maximum Gasteiger partial charge on any atom is 0.241 e. The van der Waals surface area contributed by atoms with Crippen LogP contribution in [0.3, 0.4) is 0 Å². The van der Waals surface area contributed by atoms with Gasteiger partial charge in [-0.25, -0.2) is 0 Å². The average Bonchev–Trinajstić information content (AvgIpc) is 2.76. The number of carbonyl (C=O) groups is 1. The van der Waals surface area contributed by atoms with Gasteiger partial charge in [-0.3, -0.25) is 9.69 Å². The van der Waals surface area contributed by atoms with Crippen molar-refractivity contribution in [2.75, 3.05) is 18.4 Å². The molecule has 1 aromatic carbocycles. The monoisotopic (exact) mass is 274 g/mol. The van der Waals surface area contributed by atoms with E-state index in [-0.39, 0.29) is 11.9 Å². The molecule has 2 rings (SSSR count). The van der Waals surface area contributed by atoms with E-state index in [0.717, 1.165) is 25.2 Å². The zero-order valence-electron chi connectivity index (χ0n) is 12.7. The lowest BCUT2D eigenvalue weighted by Gasteiger charge is -2.26. The maximum atomic E-state index is 12.4. The summed E-state index contributed by atoms with van der Waals surface area (Å²) < 4.78 is 0. The Bertz CT molecular complexity index is 436. The summed E-state index contributed by atoms with van der Waals surface area (Å²) in [4.78, 5) is 14.8. The molecule has 1 aliphatic heterocycles. The molecule has 1 amide bonds. The van der Waals surface area contributed by atoms with E-state index >= 15 is 0 Å². The van der Waals surface area contributed by atoms with Crippen LogP contribution in [0.5, 0.6) is 0 Å². The van der Waals surface area contributed by atoms with Crippen molar-refractivity contribution in [3.05, 3.63) is 29.8 Å². The molecule has 3 nitrogen and oxygen atoms in total. The van der Waals surface area contributed by atoms with Crippen molar-refractivity contribution in [1.29, 1.82) is 0 Å². The first kappa shape index (κ1) is 15.0. The van der Waals surface area contributed by atoms with E-state index < -0.39 is 0 Å². The quantitative estimate of drug-likeness (QED) is 0.912. The standard InChI is InChI=1S/C17H26N2O/c1-3-15-10-6-7-11-16(15)18-17(20)14(2)19-12-8-4-5-9-13-19/h6-7,10-11,14H,3-5,8-9,12-13H2,1-2H3,(H,18,20). The first-order chi connectivity index (χ1) is 9.72. The molecule has 3 heteroatoms. The van der Waals surface area contributed by atoms with Crippen LogP contribution in [0, 0.1) is 0 Å². The molecule has 1 aromatic rings. The molecular formula is C17H26N2O. The third-order valence-electron chi connectivity index (χ3n) is 4.22. The maximum absolute atomic E-state index is 12.4. The van der Waals surface area contributed by atoms with Gasteiger partial charge in [0.2, 0.25) is 5.91 Å². The van der Waals surface area contributed by atoms with E-state index in [9.17, 15) is 4.79 Å². The van der Waals surface area contributed by atoms with Gasteiger partial charge in [0.1, 0.15) is 0 Å². The zero-order chi connectivity index (χ0) is 14.4. The molecule has 1 unspecified atom stereocenters. The lowest BCUT2D eigenvalue weighted by atomic mass is 10.1. The van der Waals surface area contributed by atoms with E-state index in [0.29, 0.717) is 0 Å². The molecular weight excluding hydrogens is 248 g/mol. The number of amides is 1. The van der Waals surface area contributed by atoms with Crippen molar-refractivity contribution in [2.45, 2.75) is 52.0 Å². The van der Waals surface area contributed by atoms with Gasteiger partial charge in [0, 0.05) is 5.69 Å². The summed E-state index contributed by atoms with van der Waals surface area (Å²) in [5.74, 6) is 0.118. The zero-order valence-corrected chi connectivity index (χ0v) is 12.7. The number of likely N-dealkylation sites (tertiary alicyclic amines) is 1. The van der Waals surface area contributed by atoms with Crippen LogP contribution in [0.15, 0.2) is 24.3 Å². The number of benzene rings is 1. The third kappa shape index (κ3) is 3.83. The minimum Gasteiger partial charge on any atom is -0.324 e. The Balaban J connectivity index is 1.99. The van der Waals surface area contributed by atoms with Crippen LogP contribution in [-0.4, -0.2) is 29.9 Å². The van der Waals surface area contributed by atoms with Crippen molar-refractivity contribution in [1.82, 2.24) is 4.90 Å². The second-order valence-electron chi connectivity index (χ2n) is 5.63. The molecule has 1 atom stereocenters. The topological polar surface area (TPSA) is 32.3 Å². The summed E-state index contributed by atoms with van der Waals surface area (Å²) in [7, 11) is 0. The van der Waals surface area contributed by atoms with Crippen molar-refractivity contribution < 1.29 is 4.79 Å². The van der Waals surface area contributed by atoms with Crippen LogP contribution in [0.4, 0.5) is 5.69 Å². The van der Waals surface area contributed by atoms with Crippen LogP contribution >= 0.6 is 0 Å². The van der Waals surface area contributed by atoms with Gasteiger partial charge in [-0.15, -0.1) is 0 Å². The highest BCUT2D eigenvalue weighted by Crippen LogP contribution is 2.17. The lowest BCUT2D eigenvalue weighted by Crippen LogP contribution is -2.42. The largest absolute Gasteiger partial charge is 0.324 e. The first-order valence-electron chi connectivity index (χ1n) is 7.85. The van der Waals surface area contributed by atoms with Crippen molar-refractivity contribution in [3.63, 3.8) is 0 Å². The fourth-order valence-corrected chi connectivity index (χ4v) is 2.84. The molecule has 0 spiro atoms. The predicted molar refractivity (Wildman–Crippen MR) is 84.0 cm³/mol. The lowest BCUT2D eigenvalue weighted by molar-refractivity contribution is -0.120. The SMILES string of the molecule is CCc1ccccc1NC(=O)C(C)N1CCCCCC1.